The number of carbonyl (C=O) groups is 1. The molecule has 1 amide bonds. The van der Waals surface area contributed by atoms with E-state index < -0.39 is 0 Å². The van der Waals surface area contributed by atoms with Crippen LogP contribution in [0.15, 0.2) is 35.3 Å². The van der Waals surface area contributed by atoms with E-state index in [4.69, 9.17) is 0 Å². The van der Waals surface area contributed by atoms with Gasteiger partial charge in [-0.15, -0.1) is 0 Å². The average Bonchev–Trinajstić information content (AvgIpc) is 3.38. The third-order valence-corrected chi connectivity index (χ3v) is 4.43. The number of hydrogen-bond donors (Lipinski definition) is 1. The number of carbonyl (C=O) groups excluding carboxylic acids is 1. The van der Waals surface area contributed by atoms with E-state index in [0.717, 1.165) is 18.4 Å². The van der Waals surface area contributed by atoms with Crippen LogP contribution in [0.25, 0.3) is 22.6 Å². The zero-order valence-electron chi connectivity index (χ0n) is 14.2. The second-order valence-corrected chi connectivity index (χ2v) is 6.69. The molecule has 3 aromatic rings. The van der Waals surface area contributed by atoms with Gasteiger partial charge in [0.1, 0.15) is 0 Å². The Balaban J connectivity index is 1.78. The lowest BCUT2D eigenvalue weighted by Crippen LogP contribution is -2.21. The Labute approximate surface area is 144 Å². The lowest BCUT2D eigenvalue weighted by molar-refractivity contribution is 0.0827. The first kappa shape index (κ1) is 15.6. The highest BCUT2D eigenvalue weighted by atomic mass is 16.2. The Morgan fingerprint density at radius 3 is 2.88 bits per heavy atom. The summed E-state index contributed by atoms with van der Waals surface area (Å²) < 4.78 is 1.67. The van der Waals surface area contributed by atoms with Crippen molar-refractivity contribution < 1.29 is 4.79 Å². The van der Waals surface area contributed by atoms with E-state index in [1.807, 2.05) is 12.1 Å². The second-order valence-electron chi connectivity index (χ2n) is 6.69. The Morgan fingerprint density at radius 1 is 1.36 bits per heavy atom. The molecule has 2 heterocycles. The molecule has 1 aliphatic carbocycles. The minimum Gasteiger partial charge on any atom is -0.345 e. The summed E-state index contributed by atoms with van der Waals surface area (Å²) in [5, 5.41) is 0. The highest BCUT2D eigenvalue weighted by Gasteiger charge is 2.24. The maximum atomic E-state index is 12.2. The van der Waals surface area contributed by atoms with Crippen molar-refractivity contribution in [2.24, 2.45) is 5.92 Å². The van der Waals surface area contributed by atoms with Gasteiger partial charge >= 0.3 is 5.69 Å². The van der Waals surface area contributed by atoms with Gasteiger partial charge in [0.2, 0.25) is 0 Å². The summed E-state index contributed by atoms with van der Waals surface area (Å²) in [7, 11) is 3.44. The summed E-state index contributed by atoms with van der Waals surface area (Å²) in [6.45, 7) is 0.677. The Bertz CT molecular complexity index is 1010. The fourth-order valence-electron chi connectivity index (χ4n) is 2.86. The molecule has 0 atom stereocenters. The first-order valence-corrected chi connectivity index (χ1v) is 8.30. The number of amides is 1. The van der Waals surface area contributed by atoms with E-state index in [9.17, 15) is 9.59 Å². The third-order valence-electron chi connectivity index (χ3n) is 4.43. The van der Waals surface area contributed by atoms with E-state index in [-0.39, 0.29) is 11.6 Å². The molecule has 128 valence electrons. The molecule has 1 saturated carbocycles. The lowest BCUT2D eigenvalue weighted by atomic mass is 10.1. The summed E-state index contributed by atoms with van der Waals surface area (Å²) >= 11 is 0. The Kier molecular flexibility index (Phi) is 3.63. The summed E-state index contributed by atoms with van der Waals surface area (Å²) in [5.74, 6) is 0.492. The number of nitrogens with zero attached hydrogens (tertiary/aromatic N) is 4. The number of hydrogen-bond acceptors (Lipinski definition) is 4. The molecule has 1 N–H and O–H groups in total. The standard InChI is InChI=1S/C18H19N5O2/c1-22(2)17(24)13-5-3-4-12(8-13)14-9-19-15-16(20-14)23(18(25)21-15)10-11-6-7-11/h3-5,8-9,11H,6-7,10H2,1-2H3,(H,19,21,25). The van der Waals surface area contributed by atoms with Crippen LogP contribution in [0.1, 0.15) is 23.2 Å². The SMILES string of the molecule is CN(C)C(=O)c1cccc(-c2cnc3[nH]c(=O)n(CC4CC4)c3n2)c1. The average molecular weight is 337 g/mol. The number of aromatic nitrogens is 4. The molecule has 0 aliphatic heterocycles. The smallest absolute Gasteiger partial charge is 0.328 e. The molecule has 0 saturated heterocycles. The van der Waals surface area contributed by atoms with Crippen LogP contribution in [0.3, 0.4) is 0 Å². The molecule has 0 radical (unpaired) electrons. The molecule has 1 fully saturated rings. The van der Waals surface area contributed by atoms with Gasteiger partial charge in [-0.25, -0.2) is 14.8 Å². The van der Waals surface area contributed by atoms with Gasteiger partial charge < -0.3 is 4.90 Å². The molecule has 7 heteroatoms. The molecule has 0 bridgehead atoms. The molecule has 4 rings (SSSR count). The van der Waals surface area contributed by atoms with Crippen LogP contribution < -0.4 is 5.69 Å². The van der Waals surface area contributed by atoms with Crippen LogP contribution in [0.2, 0.25) is 0 Å². The maximum absolute atomic E-state index is 12.2. The summed E-state index contributed by atoms with van der Waals surface area (Å²) in [5.41, 5.74) is 2.93. The van der Waals surface area contributed by atoms with Gasteiger partial charge in [0.25, 0.3) is 5.91 Å². The van der Waals surface area contributed by atoms with Crippen molar-refractivity contribution in [2.45, 2.75) is 19.4 Å². The number of imidazole rings is 1. The van der Waals surface area contributed by atoms with E-state index in [0.29, 0.717) is 35.0 Å². The molecular weight excluding hydrogens is 318 g/mol. The molecule has 1 aliphatic rings. The quantitative estimate of drug-likeness (QED) is 0.788. The normalized spacial score (nSPS) is 14.0. The predicted molar refractivity (Wildman–Crippen MR) is 94.3 cm³/mol. The topological polar surface area (TPSA) is 83.9 Å². The van der Waals surface area contributed by atoms with E-state index in [1.54, 1.807) is 37.0 Å². The first-order valence-electron chi connectivity index (χ1n) is 8.30. The maximum Gasteiger partial charge on any atom is 0.328 e. The number of aromatic amines is 1. The van der Waals surface area contributed by atoms with Gasteiger partial charge in [-0.05, 0) is 30.9 Å². The highest BCUT2D eigenvalue weighted by molar-refractivity contribution is 5.95. The van der Waals surface area contributed by atoms with E-state index in [1.165, 1.54) is 4.90 Å². The van der Waals surface area contributed by atoms with Crippen LogP contribution in [0.4, 0.5) is 0 Å². The van der Waals surface area contributed by atoms with Gasteiger partial charge in [-0.1, -0.05) is 12.1 Å². The van der Waals surface area contributed by atoms with Gasteiger partial charge in [0, 0.05) is 31.8 Å². The number of fused-ring (bicyclic) bond motifs is 1. The van der Waals surface area contributed by atoms with Crippen molar-refractivity contribution in [3.8, 4) is 11.3 Å². The highest BCUT2D eigenvalue weighted by Crippen LogP contribution is 2.31. The number of benzene rings is 1. The number of rotatable bonds is 4. The third kappa shape index (κ3) is 2.93. The minimum absolute atomic E-state index is 0.0665. The molecule has 2 aromatic heterocycles. The lowest BCUT2D eigenvalue weighted by Gasteiger charge is -2.11. The second kappa shape index (κ2) is 5.84. The summed E-state index contributed by atoms with van der Waals surface area (Å²) in [6, 6.07) is 7.29. The largest absolute Gasteiger partial charge is 0.345 e. The van der Waals surface area contributed by atoms with Crippen molar-refractivity contribution in [2.75, 3.05) is 14.1 Å². The summed E-state index contributed by atoms with van der Waals surface area (Å²) in [4.78, 5) is 37.6. The molecular formula is C18H19N5O2. The van der Waals surface area contributed by atoms with Crippen molar-refractivity contribution in [3.63, 3.8) is 0 Å². The Hall–Kier alpha value is -2.96. The molecule has 1 aromatic carbocycles. The zero-order valence-corrected chi connectivity index (χ0v) is 14.2. The fraction of sp³-hybridized carbons (Fsp3) is 0.333. The molecule has 0 unspecified atom stereocenters. The molecule has 0 spiro atoms. The molecule has 7 nitrogen and oxygen atoms in total. The first-order chi connectivity index (χ1) is 12.0. The van der Waals surface area contributed by atoms with Gasteiger partial charge in [-0.3, -0.25) is 14.3 Å². The van der Waals surface area contributed by atoms with E-state index >= 15 is 0 Å². The van der Waals surface area contributed by atoms with Crippen molar-refractivity contribution >= 4 is 17.2 Å². The monoisotopic (exact) mass is 337 g/mol. The van der Waals surface area contributed by atoms with Crippen LogP contribution in [-0.2, 0) is 6.54 Å². The van der Waals surface area contributed by atoms with Crippen LogP contribution in [0, 0.1) is 5.92 Å². The predicted octanol–water partition coefficient (Wildman–Crippen LogP) is 1.90. The number of H-pyrrole nitrogens is 1. The van der Waals surface area contributed by atoms with Crippen LogP contribution >= 0.6 is 0 Å². The number of nitrogens with one attached hydrogen (secondary N) is 1. The van der Waals surface area contributed by atoms with Crippen molar-refractivity contribution in [3.05, 3.63) is 46.5 Å². The minimum atomic E-state index is -0.171. The van der Waals surface area contributed by atoms with Gasteiger partial charge in [-0.2, -0.15) is 0 Å². The molecule has 25 heavy (non-hydrogen) atoms. The summed E-state index contributed by atoms with van der Waals surface area (Å²) in [6.07, 6.45) is 3.93. The fourth-order valence-corrected chi connectivity index (χ4v) is 2.86. The van der Waals surface area contributed by atoms with Crippen LogP contribution in [0.5, 0.6) is 0 Å². The van der Waals surface area contributed by atoms with Gasteiger partial charge in [0.05, 0.1) is 11.9 Å². The zero-order chi connectivity index (χ0) is 17.6. The van der Waals surface area contributed by atoms with Crippen molar-refractivity contribution in [1.82, 2.24) is 24.4 Å². The Morgan fingerprint density at radius 2 is 2.16 bits per heavy atom. The van der Waals surface area contributed by atoms with E-state index in [2.05, 4.69) is 15.0 Å². The van der Waals surface area contributed by atoms with Crippen LogP contribution in [-0.4, -0.2) is 44.4 Å². The van der Waals surface area contributed by atoms with Gasteiger partial charge in [0.15, 0.2) is 11.3 Å². The van der Waals surface area contributed by atoms with Crippen molar-refractivity contribution in [1.29, 1.82) is 0 Å².